The Labute approximate surface area is 172 Å². The number of carbonyl (C=O) groups excluding carboxylic acids is 3. The third kappa shape index (κ3) is 2.45. The molecule has 1 aromatic carbocycles. The van der Waals surface area contributed by atoms with Gasteiger partial charge in [0.1, 0.15) is 17.4 Å². The lowest BCUT2D eigenvalue weighted by Gasteiger charge is -2.48. The Balaban J connectivity index is 1.91. The van der Waals surface area contributed by atoms with Crippen LogP contribution in [-0.4, -0.2) is 49.6 Å². The van der Waals surface area contributed by atoms with E-state index in [1.54, 1.807) is 6.07 Å². The maximum absolute atomic E-state index is 13.3. The number of allylic oxidation sites excluding steroid dienone is 1. The number of Topliss-reactive ketones (excluding diaryl/α,β-unsaturated/α-hetero) is 2. The van der Waals surface area contributed by atoms with Crippen molar-refractivity contribution < 1.29 is 34.8 Å². The first-order chi connectivity index (χ1) is 14.0. The quantitative estimate of drug-likeness (QED) is 0.219. The molecule has 0 bridgehead atoms. The summed E-state index contributed by atoms with van der Waals surface area (Å²) < 4.78 is 0. The van der Waals surface area contributed by atoms with Crippen molar-refractivity contribution in [3.05, 3.63) is 34.1 Å². The molecule has 1 amide bonds. The summed E-state index contributed by atoms with van der Waals surface area (Å²) in [6.07, 6.45) is -0.491. The Morgan fingerprint density at radius 2 is 1.93 bits per heavy atom. The van der Waals surface area contributed by atoms with Crippen LogP contribution in [0.5, 0.6) is 5.75 Å². The van der Waals surface area contributed by atoms with E-state index in [0.717, 1.165) is 5.56 Å². The third-order valence-electron chi connectivity index (χ3n) is 6.89. The van der Waals surface area contributed by atoms with Crippen LogP contribution < -0.4 is 11.5 Å². The van der Waals surface area contributed by atoms with Crippen LogP contribution in [-0.2, 0) is 22.4 Å². The van der Waals surface area contributed by atoms with Gasteiger partial charge < -0.3 is 31.9 Å². The second-order valence-corrected chi connectivity index (χ2v) is 8.42. The number of fused-ring (bicyclic) bond motifs is 3. The summed E-state index contributed by atoms with van der Waals surface area (Å²) >= 11 is 0. The van der Waals surface area contributed by atoms with E-state index in [1.807, 2.05) is 6.92 Å². The minimum Gasteiger partial charge on any atom is -0.508 e. The molecule has 5 atom stereocenters. The summed E-state index contributed by atoms with van der Waals surface area (Å²) in [4.78, 5) is 37.9. The lowest BCUT2D eigenvalue weighted by Crippen LogP contribution is -2.63. The van der Waals surface area contributed by atoms with Gasteiger partial charge in [-0.25, -0.2) is 0 Å². The molecule has 0 heterocycles. The molecule has 4 rings (SSSR count). The minimum absolute atomic E-state index is 0.0237. The van der Waals surface area contributed by atoms with Crippen molar-refractivity contribution in [1.82, 2.24) is 0 Å². The van der Waals surface area contributed by atoms with Crippen molar-refractivity contribution in [2.24, 2.45) is 23.5 Å². The zero-order valence-electron chi connectivity index (χ0n) is 16.4. The van der Waals surface area contributed by atoms with Gasteiger partial charge in [0.05, 0.1) is 17.4 Å². The molecule has 0 saturated heterocycles. The van der Waals surface area contributed by atoms with Crippen LogP contribution in [0.25, 0.3) is 0 Å². The molecule has 160 valence electrons. The summed E-state index contributed by atoms with van der Waals surface area (Å²) in [6, 6.07) is 1.61. The van der Waals surface area contributed by atoms with E-state index in [0.29, 0.717) is 18.4 Å². The van der Waals surface area contributed by atoms with Crippen molar-refractivity contribution in [1.29, 1.82) is 0 Å². The predicted molar refractivity (Wildman–Crippen MR) is 104 cm³/mol. The van der Waals surface area contributed by atoms with Crippen LogP contribution in [0.3, 0.4) is 0 Å². The highest BCUT2D eigenvalue weighted by atomic mass is 16.3. The monoisotopic (exact) mass is 416 g/mol. The van der Waals surface area contributed by atoms with Crippen molar-refractivity contribution in [2.45, 2.75) is 44.3 Å². The summed E-state index contributed by atoms with van der Waals surface area (Å²) in [6.45, 7) is 1.89. The number of amides is 1. The first-order valence-electron chi connectivity index (χ1n) is 9.89. The number of carbonyl (C=O) groups is 3. The zero-order valence-corrected chi connectivity index (χ0v) is 16.4. The fourth-order valence-electron chi connectivity index (χ4n) is 5.41. The summed E-state index contributed by atoms with van der Waals surface area (Å²) in [5.74, 6) is -7.26. The lowest BCUT2D eigenvalue weighted by atomic mass is 9.57. The highest BCUT2D eigenvalue weighted by Crippen LogP contribution is 2.52. The number of rotatable bonds is 2. The number of aryl methyl sites for hydroxylation is 1. The predicted octanol–water partition coefficient (Wildman–Crippen LogP) is -0.110. The number of nitrogens with two attached hydrogens (primary N) is 2. The molecule has 9 heteroatoms. The van der Waals surface area contributed by atoms with Crippen molar-refractivity contribution >= 4 is 23.2 Å². The molecule has 0 aromatic heterocycles. The zero-order chi connectivity index (χ0) is 22.1. The molecule has 3 aliphatic carbocycles. The normalized spacial score (nSPS) is 33.0. The number of phenols is 1. The van der Waals surface area contributed by atoms with Crippen molar-refractivity contribution in [2.75, 3.05) is 5.73 Å². The summed E-state index contributed by atoms with van der Waals surface area (Å²) in [5, 5.41) is 42.8. The van der Waals surface area contributed by atoms with E-state index in [-0.39, 0.29) is 29.7 Å². The van der Waals surface area contributed by atoms with Gasteiger partial charge in [0.15, 0.2) is 17.2 Å². The summed E-state index contributed by atoms with van der Waals surface area (Å²) in [5.41, 5.74) is 9.80. The Morgan fingerprint density at radius 1 is 1.27 bits per heavy atom. The minimum atomic E-state index is -2.50. The Morgan fingerprint density at radius 3 is 2.53 bits per heavy atom. The highest BCUT2D eigenvalue weighted by molar-refractivity contribution is 6.16. The SMILES string of the molecule is CCc1cc(N)c(O)c2c1C[C@H]1C[C@H]3CC(O)C(C(N)=O)C(=O)[C@@]3(O)C(O)=C1C2=O. The molecule has 30 heavy (non-hydrogen) atoms. The maximum Gasteiger partial charge on any atom is 0.230 e. The molecule has 2 unspecified atom stereocenters. The number of benzene rings is 1. The second-order valence-electron chi connectivity index (χ2n) is 8.42. The number of ketones is 2. The van der Waals surface area contributed by atoms with Gasteiger partial charge >= 0.3 is 0 Å². The first-order valence-corrected chi connectivity index (χ1v) is 9.89. The van der Waals surface area contributed by atoms with Gasteiger partial charge in [-0.2, -0.15) is 0 Å². The van der Waals surface area contributed by atoms with Crippen LogP contribution in [0.4, 0.5) is 5.69 Å². The molecular weight excluding hydrogens is 392 g/mol. The van der Waals surface area contributed by atoms with Gasteiger partial charge in [0.25, 0.3) is 0 Å². The van der Waals surface area contributed by atoms with E-state index >= 15 is 0 Å². The fourth-order valence-corrected chi connectivity index (χ4v) is 5.41. The van der Waals surface area contributed by atoms with E-state index in [2.05, 4.69) is 0 Å². The van der Waals surface area contributed by atoms with Crippen LogP contribution >= 0.6 is 0 Å². The van der Waals surface area contributed by atoms with Crippen LogP contribution in [0.15, 0.2) is 17.4 Å². The molecule has 0 aliphatic heterocycles. The number of phenolic OH excluding ortho intramolecular Hbond substituents is 1. The van der Waals surface area contributed by atoms with Gasteiger partial charge in [-0.3, -0.25) is 14.4 Å². The number of primary amides is 1. The number of hydrogen-bond acceptors (Lipinski definition) is 8. The number of aliphatic hydroxyl groups is 3. The average Bonchev–Trinajstić information content (AvgIpc) is 2.67. The number of aromatic hydroxyl groups is 1. The smallest absolute Gasteiger partial charge is 0.230 e. The van der Waals surface area contributed by atoms with E-state index < -0.39 is 58.4 Å². The van der Waals surface area contributed by atoms with Gasteiger partial charge in [0.2, 0.25) is 5.91 Å². The van der Waals surface area contributed by atoms with Crippen molar-refractivity contribution in [3.8, 4) is 5.75 Å². The van der Waals surface area contributed by atoms with E-state index in [9.17, 15) is 34.8 Å². The van der Waals surface area contributed by atoms with Gasteiger partial charge in [0, 0.05) is 11.5 Å². The highest BCUT2D eigenvalue weighted by Gasteiger charge is 2.62. The van der Waals surface area contributed by atoms with Crippen LogP contribution in [0.1, 0.15) is 41.3 Å². The molecule has 1 saturated carbocycles. The van der Waals surface area contributed by atoms with Crippen molar-refractivity contribution in [3.63, 3.8) is 0 Å². The molecule has 1 aromatic rings. The molecule has 1 fully saturated rings. The number of nitrogen functional groups attached to an aromatic ring is 1. The Kier molecular flexibility index (Phi) is 4.44. The Bertz CT molecular complexity index is 1030. The number of anilines is 1. The van der Waals surface area contributed by atoms with E-state index in [1.165, 1.54) is 0 Å². The number of aliphatic hydroxyl groups excluding tert-OH is 2. The summed E-state index contributed by atoms with van der Waals surface area (Å²) in [7, 11) is 0. The average molecular weight is 416 g/mol. The van der Waals surface area contributed by atoms with E-state index in [4.69, 9.17) is 11.5 Å². The third-order valence-corrected chi connectivity index (χ3v) is 6.89. The number of hydrogen-bond donors (Lipinski definition) is 6. The molecular formula is C21H24N2O7. The molecule has 3 aliphatic rings. The first kappa shape index (κ1) is 20.4. The van der Waals surface area contributed by atoms with Crippen LogP contribution in [0, 0.1) is 17.8 Å². The van der Waals surface area contributed by atoms with Gasteiger partial charge in [-0.15, -0.1) is 0 Å². The maximum atomic E-state index is 13.3. The lowest BCUT2D eigenvalue weighted by molar-refractivity contribution is -0.167. The standard InChI is InChI=1S/C21H24N2O7/c1-2-7-5-11(22)16(25)14-10(7)4-8-3-9-6-12(24)15(20(23)29)19(28)21(9,30)18(27)13(8)17(14)26/h5,8-9,12,15,24-25,27,30H,2-4,6,22H2,1H3,(H2,23,29)/t8-,9+,12?,15?,21+/m1/s1. The second kappa shape index (κ2) is 6.55. The Hall–Kier alpha value is -2.91. The molecule has 9 nitrogen and oxygen atoms in total. The van der Waals surface area contributed by atoms with Gasteiger partial charge in [-0.1, -0.05) is 6.92 Å². The van der Waals surface area contributed by atoms with Crippen LogP contribution in [0.2, 0.25) is 0 Å². The molecule has 0 radical (unpaired) electrons. The van der Waals surface area contributed by atoms with Gasteiger partial charge in [-0.05, 0) is 48.8 Å². The largest absolute Gasteiger partial charge is 0.508 e. The fraction of sp³-hybridized carbons (Fsp3) is 0.476. The molecule has 0 spiro atoms. The topological polar surface area (TPSA) is 184 Å². The molecule has 8 N–H and O–H groups in total.